The molecule has 4 N–H and O–H groups in total. The molecule has 1 saturated heterocycles. The van der Waals surface area contributed by atoms with Gasteiger partial charge in [0.05, 0.1) is 7.11 Å². The Balaban J connectivity index is 0.00000312. The number of amides is 4. The Kier molecular flexibility index (Phi) is 6.78. The van der Waals surface area contributed by atoms with Gasteiger partial charge in [0.25, 0.3) is 5.91 Å². The molecule has 25 heavy (non-hydrogen) atoms. The molecule has 1 aliphatic heterocycles. The normalized spacial score (nSPS) is 20.6. The zero-order valence-corrected chi connectivity index (χ0v) is 15.2. The van der Waals surface area contributed by atoms with Crippen LogP contribution in [0.5, 0.6) is 5.75 Å². The van der Waals surface area contributed by atoms with Gasteiger partial charge < -0.3 is 21.1 Å². The summed E-state index contributed by atoms with van der Waals surface area (Å²) >= 11 is 0. The van der Waals surface area contributed by atoms with Gasteiger partial charge >= 0.3 is 6.03 Å². The van der Waals surface area contributed by atoms with Gasteiger partial charge in [-0.25, -0.2) is 4.79 Å². The lowest BCUT2D eigenvalue weighted by Gasteiger charge is -2.22. The summed E-state index contributed by atoms with van der Waals surface area (Å²) in [6, 6.07) is 5.99. The SMILES string of the molecule is COc1ccc(C2(C)NC(=O)N(CC(=O)N[C@@H](C)CN)C2=O)cc1.Cl. The molecule has 1 heterocycles. The molecule has 1 aromatic rings. The number of imide groups is 1. The Labute approximate surface area is 152 Å². The number of hydrogen-bond acceptors (Lipinski definition) is 5. The number of halogens is 1. The van der Waals surface area contributed by atoms with Crippen molar-refractivity contribution < 1.29 is 19.1 Å². The van der Waals surface area contributed by atoms with Crippen molar-refractivity contribution in [2.75, 3.05) is 20.2 Å². The molecule has 0 bridgehead atoms. The summed E-state index contributed by atoms with van der Waals surface area (Å²) in [5, 5.41) is 5.27. The highest BCUT2D eigenvalue weighted by molar-refractivity contribution is 6.09. The van der Waals surface area contributed by atoms with Crippen LogP contribution in [-0.4, -0.2) is 49.0 Å². The molecule has 8 nitrogen and oxygen atoms in total. The number of carbonyl (C=O) groups is 3. The van der Waals surface area contributed by atoms with Gasteiger partial charge in [-0.2, -0.15) is 0 Å². The lowest BCUT2D eigenvalue weighted by atomic mass is 9.92. The minimum atomic E-state index is -1.22. The lowest BCUT2D eigenvalue weighted by Crippen LogP contribution is -2.46. The van der Waals surface area contributed by atoms with E-state index in [-0.39, 0.29) is 31.5 Å². The van der Waals surface area contributed by atoms with E-state index in [1.54, 1.807) is 45.2 Å². The van der Waals surface area contributed by atoms with Crippen LogP contribution in [0.1, 0.15) is 19.4 Å². The van der Waals surface area contributed by atoms with Gasteiger partial charge in [-0.1, -0.05) is 12.1 Å². The van der Waals surface area contributed by atoms with E-state index in [4.69, 9.17) is 10.5 Å². The highest BCUT2D eigenvalue weighted by atomic mass is 35.5. The van der Waals surface area contributed by atoms with Gasteiger partial charge in [0.1, 0.15) is 17.8 Å². The summed E-state index contributed by atoms with van der Waals surface area (Å²) in [7, 11) is 1.54. The topological polar surface area (TPSA) is 114 Å². The molecule has 0 aliphatic carbocycles. The number of methoxy groups -OCH3 is 1. The summed E-state index contributed by atoms with van der Waals surface area (Å²) < 4.78 is 5.09. The molecule has 1 unspecified atom stereocenters. The van der Waals surface area contributed by atoms with Gasteiger partial charge in [0.2, 0.25) is 5.91 Å². The molecule has 2 atom stereocenters. The van der Waals surface area contributed by atoms with Gasteiger partial charge in [0, 0.05) is 12.6 Å². The van der Waals surface area contributed by atoms with Crippen LogP contribution in [0, 0.1) is 0 Å². The molecule has 138 valence electrons. The summed E-state index contributed by atoms with van der Waals surface area (Å²) in [5.41, 5.74) is 4.83. The number of benzene rings is 1. The minimum Gasteiger partial charge on any atom is -0.497 e. The van der Waals surface area contributed by atoms with E-state index in [1.807, 2.05) is 0 Å². The summed E-state index contributed by atoms with van der Waals surface area (Å²) in [6.07, 6.45) is 0. The van der Waals surface area contributed by atoms with Crippen molar-refractivity contribution in [2.24, 2.45) is 5.73 Å². The third-order valence-electron chi connectivity index (χ3n) is 4.00. The second-order valence-corrected chi connectivity index (χ2v) is 5.88. The van der Waals surface area contributed by atoms with Crippen molar-refractivity contribution in [3.63, 3.8) is 0 Å². The predicted molar refractivity (Wildman–Crippen MR) is 94.5 cm³/mol. The van der Waals surface area contributed by atoms with E-state index in [0.717, 1.165) is 4.90 Å². The number of carbonyl (C=O) groups excluding carboxylic acids is 3. The number of nitrogens with two attached hydrogens (primary N) is 1. The maximum absolute atomic E-state index is 12.7. The van der Waals surface area contributed by atoms with Crippen LogP contribution in [0.4, 0.5) is 4.79 Å². The number of nitrogens with zero attached hydrogens (tertiary/aromatic N) is 1. The van der Waals surface area contributed by atoms with Gasteiger partial charge in [0.15, 0.2) is 0 Å². The fraction of sp³-hybridized carbons (Fsp3) is 0.438. The van der Waals surface area contributed by atoms with Crippen LogP contribution in [0.15, 0.2) is 24.3 Å². The molecular formula is C16H23ClN4O4. The first kappa shape index (κ1) is 20.7. The zero-order valence-electron chi connectivity index (χ0n) is 14.4. The van der Waals surface area contributed by atoms with E-state index in [0.29, 0.717) is 11.3 Å². The van der Waals surface area contributed by atoms with Crippen molar-refractivity contribution in [1.82, 2.24) is 15.5 Å². The molecule has 0 radical (unpaired) electrons. The average Bonchev–Trinajstić information content (AvgIpc) is 2.79. The zero-order chi connectivity index (χ0) is 17.9. The van der Waals surface area contributed by atoms with Crippen molar-refractivity contribution in [2.45, 2.75) is 25.4 Å². The van der Waals surface area contributed by atoms with Crippen LogP contribution in [0.25, 0.3) is 0 Å². The summed E-state index contributed by atoms with van der Waals surface area (Å²) in [5.74, 6) is -0.269. The molecule has 1 fully saturated rings. The minimum absolute atomic E-state index is 0. The number of rotatable bonds is 6. The second kappa shape index (κ2) is 8.17. The number of nitrogens with one attached hydrogen (secondary N) is 2. The Hall–Kier alpha value is -2.32. The van der Waals surface area contributed by atoms with Crippen LogP contribution in [-0.2, 0) is 15.1 Å². The Morgan fingerprint density at radius 2 is 1.96 bits per heavy atom. The third kappa shape index (κ3) is 4.21. The molecule has 9 heteroatoms. The summed E-state index contributed by atoms with van der Waals surface area (Å²) in [6.45, 7) is 3.27. The maximum atomic E-state index is 12.7. The maximum Gasteiger partial charge on any atom is 0.325 e. The lowest BCUT2D eigenvalue weighted by molar-refractivity contribution is -0.135. The standard InChI is InChI=1S/C16H22N4O4.ClH/c1-10(8-17)18-13(21)9-20-14(22)16(2,19-15(20)23)11-4-6-12(24-3)7-5-11;/h4-7,10H,8-9,17H2,1-3H3,(H,18,21)(H,19,23);1H/t10-,16?;/m0./s1. The fourth-order valence-electron chi connectivity index (χ4n) is 2.48. The van der Waals surface area contributed by atoms with Gasteiger partial charge in [-0.3, -0.25) is 14.5 Å². The first-order chi connectivity index (χ1) is 11.3. The van der Waals surface area contributed by atoms with Crippen molar-refractivity contribution >= 4 is 30.3 Å². The molecule has 4 amide bonds. The molecule has 1 aliphatic rings. The Bertz CT molecular complexity index is 652. The first-order valence-corrected chi connectivity index (χ1v) is 7.60. The van der Waals surface area contributed by atoms with E-state index < -0.39 is 23.4 Å². The highest BCUT2D eigenvalue weighted by Gasteiger charge is 2.49. The van der Waals surface area contributed by atoms with E-state index in [1.165, 1.54) is 0 Å². The molecule has 2 rings (SSSR count). The molecule has 0 spiro atoms. The molecule has 0 aromatic heterocycles. The van der Waals surface area contributed by atoms with E-state index in [9.17, 15) is 14.4 Å². The van der Waals surface area contributed by atoms with Gasteiger partial charge in [-0.05, 0) is 31.5 Å². The van der Waals surface area contributed by atoms with Crippen LogP contribution in [0.3, 0.4) is 0 Å². The Morgan fingerprint density at radius 3 is 2.48 bits per heavy atom. The third-order valence-corrected chi connectivity index (χ3v) is 4.00. The summed E-state index contributed by atoms with van der Waals surface area (Å²) in [4.78, 5) is 37.7. The van der Waals surface area contributed by atoms with Crippen molar-refractivity contribution in [1.29, 1.82) is 0 Å². The number of hydrogen-bond donors (Lipinski definition) is 3. The molecule has 0 saturated carbocycles. The van der Waals surface area contributed by atoms with Crippen molar-refractivity contribution in [3.8, 4) is 5.75 Å². The molecular weight excluding hydrogens is 348 g/mol. The first-order valence-electron chi connectivity index (χ1n) is 7.60. The van der Waals surface area contributed by atoms with Crippen LogP contribution < -0.4 is 21.1 Å². The predicted octanol–water partition coefficient (Wildman–Crippen LogP) is 0.347. The van der Waals surface area contributed by atoms with E-state index in [2.05, 4.69) is 10.6 Å². The molecule has 1 aromatic carbocycles. The Morgan fingerprint density at radius 1 is 1.36 bits per heavy atom. The van der Waals surface area contributed by atoms with Crippen LogP contribution in [0.2, 0.25) is 0 Å². The number of urea groups is 1. The average molecular weight is 371 g/mol. The quantitative estimate of drug-likeness (QED) is 0.625. The monoisotopic (exact) mass is 370 g/mol. The number of ether oxygens (including phenoxy) is 1. The van der Waals surface area contributed by atoms with E-state index >= 15 is 0 Å². The highest BCUT2D eigenvalue weighted by Crippen LogP contribution is 2.29. The van der Waals surface area contributed by atoms with Crippen molar-refractivity contribution in [3.05, 3.63) is 29.8 Å². The fourth-order valence-corrected chi connectivity index (χ4v) is 2.48. The second-order valence-electron chi connectivity index (χ2n) is 5.88. The smallest absolute Gasteiger partial charge is 0.325 e. The largest absolute Gasteiger partial charge is 0.497 e. The van der Waals surface area contributed by atoms with Gasteiger partial charge in [-0.15, -0.1) is 12.4 Å². The van der Waals surface area contributed by atoms with Crippen LogP contribution >= 0.6 is 12.4 Å².